The Bertz CT molecular complexity index is 212. The summed E-state index contributed by atoms with van der Waals surface area (Å²) < 4.78 is 0. The van der Waals surface area contributed by atoms with Gasteiger partial charge in [0, 0.05) is 18.3 Å². The lowest BCUT2D eigenvalue weighted by atomic mass is 10.1. The van der Waals surface area contributed by atoms with E-state index in [4.69, 9.17) is 10.8 Å². The molecule has 1 amide bonds. The van der Waals surface area contributed by atoms with Gasteiger partial charge in [0.15, 0.2) is 0 Å². The summed E-state index contributed by atoms with van der Waals surface area (Å²) in [5.41, 5.74) is 5.31. The molecule has 4 N–H and O–H groups in total. The molecule has 88 valence electrons. The van der Waals surface area contributed by atoms with Gasteiger partial charge in [0.25, 0.3) is 0 Å². The Balaban J connectivity index is 3.32. The monoisotopic (exact) mass is 280 g/mol. The Morgan fingerprint density at radius 1 is 1.40 bits per heavy atom. The van der Waals surface area contributed by atoms with Gasteiger partial charge in [-0.3, -0.25) is 9.59 Å². The molecule has 6 heteroatoms. The van der Waals surface area contributed by atoms with Crippen molar-refractivity contribution in [2.75, 3.05) is 11.9 Å². The lowest BCUT2D eigenvalue weighted by molar-refractivity contribution is -0.138. The van der Waals surface area contributed by atoms with E-state index in [-0.39, 0.29) is 5.91 Å². The largest absolute Gasteiger partial charge is 0.480 e. The fourth-order valence-electron chi connectivity index (χ4n) is 1.01. The molecule has 0 heterocycles. The molecule has 0 aromatic heterocycles. The number of alkyl halides is 1. The number of nitrogens with two attached hydrogens (primary N) is 1. The number of hydrogen-bond acceptors (Lipinski definition) is 3. The van der Waals surface area contributed by atoms with Crippen LogP contribution in [0.25, 0.3) is 0 Å². The molecule has 0 radical (unpaired) electrons. The van der Waals surface area contributed by atoms with Gasteiger partial charge >= 0.3 is 5.97 Å². The molecule has 15 heavy (non-hydrogen) atoms. The first-order valence-corrected chi connectivity index (χ1v) is 6.01. The minimum Gasteiger partial charge on any atom is -0.480 e. The van der Waals surface area contributed by atoms with E-state index in [2.05, 4.69) is 21.2 Å². The van der Waals surface area contributed by atoms with E-state index in [1.165, 1.54) is 0 Å². The predicted molar refractivity (Wildman–Crippen MR) is 60.9 cm³/mol. The van der Waals surface area contributed by atoms with Gasteiger partial charge in [0.1, 0.15) is 6.04 Å². The van der Waals surface area contributed by atoms with E-state index in [0.29, 0.717) is 31.1 Å². The van der Waals surface area contributed by atoms with Crippen LogP contribution in [0.15, 0.2) is 0 Å². The van der Waals surface area contributed by atoms with Gasteiger partial charge in [-0.1, -0.05) is 15.9 Å². The number of hydrogen-bond donors (Lipinski definition) is 3. The van der Waals surface area contributed by atoms with E-state index < -0.39 is 12.0 Å². The second kappa shape index (κ2) is 8.67. The van der Waals surface area contributed by atoms with Gasteiger partial charge < -0.3 is 16.2 Å². The average molecular weight is 281 g/mol. The standard InChI is InChI=1S/C9H17BrN2O3/c10-5-4-8(13)12-6-2-1-3-7(11)9(14)15/h7H,1-6,11H2,(H,12,13)(H,14,15)/t7-/m0/s1. The summed E-state index contributed by atoms with van der Waals surface area (Å²) in [6.45, 7) is 0.582. The molecule has 0 saturated carbocycles. The summed E-state index contributed by atoms with van der Waals surface area (Å²) in [6.07, 6.45) is 2.38. The predicted octanol–water partition coefficient (Wildman–Crippen LogP) is 0.470. The molecular formula is C9H17BrN2O3. The van der Waals surface area contributed by atoms with E-state index in [1.54, 1.807) is 0 Å². The van der Waals surface area contributed by atoms with Crippen molar-refractivity contribution >= 4 is 27.8 Å². The third-order valence-electron chi connectivity index (χ3n) is 1.90. The van der Waals surface area contributed by atoms with Crippen LogP contribution in [0, 0.1) is 0 Å². The first-order valence-electron chi connectivity index (χ1n) is 4.89. The normalized spacial score (nSPS) is 12.1. The van der Waals surface area contributed by atoms with E-state index in [0.717, 1.165) is 6.42 Å². The average Bonchev–Trinajstić information content (AvgIpc) is 2.17. The van der Waals surface area contributed by atoms with Crippen LogP contribution in [-0.2, 0) is 9.59 Å². The molecule has 0 saturated heterocycles. The first kappa shape index (κ1) is 14.4. The smallest absolute Gasteiger partial charge is 0.320 e. The Labute approximate surface area is 97.5 Å². The number of nitrogens with one attached hydrogen (secondary N) is 1. The van der Waals surface area contributed by atoms with Crippen LogP contribution in [0.1, 0.15) is 25.7 Å². The summed E-state index contributed by atoms with van der Waals surface area (Å²) in [5.74, 6) is -0.965. The molecule has 0 aliphatic carbocycles. The fraction of sp³-hybridized carbons (Fsp3) is 0.778. The third-order valence-corrected chi connectivity index (χ3v) is 2.30. The summed E-state index contributed by atoms with van der Waals surface area (Å²) >= 11 is 3.16. The van der Waals surface area contributed by atoms with Crippen LogP contribution in [0.5, 0.6) is 0 Å². The number of unbranched alkanes of at least 4 members (excludes halogenated alkanes) is 1. The Morgan fingerprint density at radius 2 is 2.07 bits per heavy atom. The molecule has 0 bridgehead atoms. The zero-order valence-electron chi connectivity index (χ0n) is 8.54. The highest BCUT2D eigenvalue weighted by Gasteiger charge is 2.09. The summed E-state index contributed by atoms with van der Waals surface area (Å²) in [5, 5.41) is 11.9. The summed E-state index contributed by atoms with van der Waals surface area (Å²) in [4.78, 5) is 21.3. The molecule has 0 rings (SSSR count). The molecule has 1 atom stereocenters. The SMILES string of the molecule is N[C@@H](CCCCNC(=O)CCBr)C(=O)O. The number of rotatable bonds is 8. The van der Waals surface area contributed by atoms with Crippen molar-refractivity contribution in [2.24, 2.45) is 5.73 Å². The summed E-state index contributed by atoms with van der Waals surface area (Å²) in [6, 6.07) is -0.789. The maximum atomic E-state index is 11.0. The minimum atomic E-state index is -0.974. The van der Waals surface area contributed by atoms with Crippen LogP contribution in [0.3, 0.4) is 0 Å². The second-order valence-corrected chi connectivity index (χ2v) is 4.02. The third kappa shape index (κ3) is 8.38. The Hall–Kier alpha value is -0.620. The van der Waals surface area contributed by atoms with Crippen molar-refractivity contribution in [1.82, 2.24) is 5.32 Å². The van der Waals surface area contributed by atoms with Crippen LogP contribution in [0.4, 0.5) is 0 Å². The molecule has 5 nitrogen and oxygen atoms in total. The van der Waals surface area contributed by atoms with Crippen LogP contribution in [0.2, 0.25) is 0 Å². The van der Waals surface area contributed by atoms with Gasteiger partial charge in [-0.15, -0.1) is 0 Å². The highest BCUT2D eigenvalue weighted by atomic mass is 79.9. The Kier molecular flexibility index (Phi) is 8.31. The van der Waals surface area contributed by atoms with Crippen LogP contribution in [-0.4, -0.2) is 34.9 Å². The number of carbonyl (C=O) groups is 2. The minimum absolute atomic E-state index is 0.00871. The number of carboxylic acid groups (broad SMARTS) is 1. The number of carboxylic acids is 1. The molecule has 0 spiro atoms. The lowest BCUT2D eigenvalue weighted by Gasteiger charge is -2.06. The van der Waals surface area contributed by atoms with Gasteiger partial charge in [0.05, 0.1) is 0 Å². The van der Waals surface area contributed by atoms with Gasteiger partial charge in [-0.05, 0) is 19.3 Å². The van der Waals surface area contributed by atoms with Crippen molar-refractivity contribution < 1.29 is 14.7 Å². The zero-order chi connectivity index (χ0) is 11.7. The molecular weight excluding hydrogens is 264 g/mol. The zero-order valence-corrected chi connectivity index (χ0v) is 10.1. The summed E-state index contributed by atoms with van der Waals surface area (Å²) in [7, 11) is 0. The highest BCUT2D eigenvalue weighted by molar-refractivity contribution is 9.09. The second-order valence-electron chi connectivity index (χ2n) is 3.23. The number of carbonyl (C=O) groups excluding carboxylic acids is 1. The van der Waals surface area contributed by atoms with Crippen molar-refractivity contribution in [1.29, 1.82) is 0 Å². The number of aliphatic carboxylic acids is 1. The van der Waals surface area contributed by atoms with Gasteiger partial charge in [-0.2, -0.15) is 0 Å². The van der Waals surface area contributed by atoms with Gasteiger partial charge in [0.2, 0.25) is 5.91 Å². The number of amides is 1. The molecule has 0 fully saturated rings. The fourth-order valence-corrected chi connectivity index (χ4v) is 1.37. The quantitative estimate of drug-likeness (QED) is 0.445. The maximum absolute atomic E-state index is 11.0. The number of halogens is 1. The Morgan fingerprint density at radius 3 is 2.60 bits per heavy atom. The van der Waals surface area contributed by atoms with Crippen molar-refractivity contribution in [2.45, 2.75) is 31.7 Å². The highest BCUT2D eigenvalue weighted by Crippen LogP contribution is 1.98. The molecule has 0 aromatic rings. The van der Waals surface area contributed by atoms with Crippen LogP contribution < -0.4 is 11.1 Å². The van der Waals surface area contributed by atoms with Gasteiger partial charge in [-0.25, -0.2) is 0 Å². The van der Waals surface area contributed by atoms with Crippen molar-refractivity contribution in [3.8, 4) is 0 Å². The topological polar surface area (TPSA) is 92.4 Å². The van der Waals surface area contributed by atoms with Crippen molar-refractivity contribution in [3.63, 3.8) is 0 Å². The molecule has 0 unspecified atom stereocenters. The van der Waals surface area contributed by atoms with Crippen LogP contribution >= 0.6 is 15.9 Å². The maximum Gasteiger partial charge on any atom is 0.320 e. The van der Waals surface area contributed by atoms with E-state index in [9.17, 15) is 9.59 Å². The van der Waals surface area contributed by atoms with Crippen molar-refractivity contribution in [3.05, 3.63) is 0 Å². The molecule has 0 aliphatic rings. The first-order chi connectivity index (χ1) is 7.07. The molecule has 0 aliphatic heterocycles. The molecule has 0 aromatic carbocycles. The van der Waals surface area contributed by atoms with E-state index in [1.807, 2.05) is 0 Å². The van der Waals surface area contributed by atoms with E-state index >= 15 is 0 Å². The lowest BCUT2D eigenvalue weighted by Crippen LogP contribution is -2.30.